The van der Waals surface area contributed by atoms with Gasteiger partial charge in [-0.2, -0.15) is 0 Å². The van der Waals surface area contributed by atoms with Crippen LogP contribution in [-0.2, 0) is 10.8 Å². The van der Waals surface area contributed by atoms with Crippen LogP contribution in [0.5, 0.6) is 0 Å². The molecule has 1 saturated heterocycles. The summed E-state index contributed by atoms with van der Waals surface area (Å²) in [5.41, 5.74) is 0. The average Bonchev–Trinajstić information content (AvgIpc) is 2.36. The summed E-state index contributed by atoms with van der Waals surface area (Å²) in [6.07, 6.45) is 0.526. The number of β-amino-alcohol motifs (C(OH)–C–C–N with tert-alkyl or cyclic N) is 1. The lowest BCUT2D eigenvalue weighted by Gasteiger charge is -2.11. The summed E-state index contributed by atoms with van der Waals surface area (Å²) < 4.78 is 11.4. The minimum absolute atomic E-state index is 0.0325. The molecule has 0 aromatic heterocycles. The third-order valence-electron chi connectivity index (χ3n) is 1.87. The van der Waals surface area contributed by atoms with E-state index in [2.05, 4.69) is 5.32 Å². The maximum Gasteiger partial charge on any atom is 0.0820 e. The zero-order valence-electron chi connectivity index (χ0n) is 6.75. The van der Waals surface area contributed by atoms with Crippen molar-refractivity contribution in [1.82, 2.24) is 5.32 Å². The Kier molecular flexibility index (Phi) is 3.48. The topological polar surface area (TPSA) is 49.3 Å². The van der Waals surface area contributed by atoms with Crippen LogP contribution in [0.25, 0.3) is 0 Å². The van der Waals surface area contributed by atoms with Crippen LogP contribution in [0.2, 0.25) is 0 Å². The molecule has 3 atom stereocenters. The van der Waals surface area contributed by atoms with Crippen molar-refractivity contribution in [2.45, 2.75) is 24.7 Å². The third kappa shape index (κ3) is 2.25. The molecule has 0 aliphatic carbocycles. The zero-order valence-corrected chi connectivity index (χ0v) is 7.56. The summed E-state index contributed by atoms with van der Waals surface area (Å²) >= 11 is 0. The van der Waals surface area contributed by atoms with Crippen molar-refractivity contribution in [2.24, 2.45) is 0 Å². The molecule has 4 heteroatoms. The Labute approximate surface area is 69.6 Å². The molecule has 1 heterocycles. The van der Waals surface area contributed by atoms with Gasteiger partial charge in [0.15, 0.2) is 0 Å². The van der Waals surface area contributed by atoms with Gasteiger partial charge in [0.2, 0.25) is 0 Å². The van der Waals surface area contributed by atoms with Gasteiger partial charge in [0.1, 0.15) is 0 Å². The SMILES string of the molecule is CCCS(=O)C1CNCC1O. The van der Waals surface area contributed by atoms with E-state index in [0.29, 0.717) is 18.8 Å². The van der Waals surface area contributed by atoms with E-state index in [0.717, 1.165) is 6.42 Å². The number of aliphatic hydroxyl groups excluding tert-OH is 1. The van der Waals surface area contributed by atoms with Crippen molar-refractivity contribution in [1.29, 1.82) is 0 Å². The molecule has 2 N–H and O–H groups in total. The lowest BCUT2D eigenvalue weighted by Crippen LogP contribution is -2.29. The van der Waals surface area contributed by atoms with Gasteiger partial charge in [-0.15, -0.1) is 0 Å². The number of rotatable bonds is 3. The first-order valence-electron chi connectivity index (χ1n) is 4.01. The van der Waals surface area contributed by atoms with Gasteiger partial charge in [0.25, 0.3) is 0 Å². The highest BCUT2D eigenvalue weighted by molar-refractivity contribution is 7.85. The minimum Gasteiger partial charge on any atom is -0.390 e. The van der Waals surface area contributed by atoms with E-state index in [9.17, 15) is 9.32 Å². The Morgan fingerprint density at radius 1 is 1.64 bits per heavy atom. The van der Waals surface area contributed by atoms with E-state index in [1.165, 1.54) is 0 Å². The summed E-state index contributed by atoms with van der Waals surface area (Å²) in [4.78, 5) is 0. The van der Waals surface area contributed by atoms with Crippen molar-refractivity contribution in [3.63, 3.8) is 0 Å². The predicted molar refractivity (Wildman–Crippen MR) is 46.0 cm³/mol. The van der Waals surface area contributed by atoms with Crippen LogP contribution >= 0.6 is 0 Å². The molecule has 0 saturated carbocycles. The second-order valence-corrected chi connectivity index (χ2v) is 4.62. The Morgan fingerprint density at radius 2 is 2.36 bits per heavy atom. The molecule has 3 unspecified atom stereocenters. The fourth-order valence-corrected chi connectivity index (χ4v) is 2.72. The monoisotopic (exact) mass is 177 g/mol. The molecule has 0 bridgehead atoms. The number of aliphatic hydroxyl groups is 1. The van der Waals surface area contributed by atoms with Gasteiger partial charge in [0, 0.05) is 29.6 Å². The second kappa shape index (κ2) is 4.18. The molecular weight excluding hydrogens is 162 g/mol. The summed E-state index contributed by atoms with van der Waals surface area (Å²) in [7, 11) is -0.838. The highest BCUT2D eigenvalue weighted by Gasteiger charge is 2.29. The normalized spacial score (nSPS) is 34.0. The van der Waals surface area contributed by atoms with Crippen LogP contribution in [0.1, 0.15) is 13.3 Å². The van der Waals surface area contributed by atoms with Crippen LogP contribution in [0, 0.1) is 0 Å². The van der Waals surface area contributed by atoms with Crippen molar-refractivity contribution in [3.8, 4) is 0 Å². The van der Waals surface area contributed by atoms with E-state index in [1.54, 1.807) is 0 Å². The van der Waals surface area contributed by atoms with Gasteiger partial charge in [-0.25, -0.2) is 0 Å². The van der Waals surface area contributed by atoms with Crippen LogP contribution in [0.3, 0.4) is 0 Å². The molecule has 3 nitrogen and oxygen atoms in total. The van der Waals surface area contributed by atoms with E-state index in [4.69, 9.17) is 0 Å². The van der Waals surface area contributed by atoms with Gasteiger partial charge in [-0.05, 0) is 6.42 Å². The smallest absolute Gasteiger partial charge is 0.0820 e. The summed E-state index contributed by atoms with van der Waals surface area (Å²) in [6, 6.07) is 0. The standard InChI is InChI=1S/C7H15NO2S/c1-2-3-11(10)7-5-8-4-6(7)9/h6-9H,2-5H2,1H3. The summed E-state index contributed by atoms with van der Waals surface area (Å²) in [5, 5.41) is 12.3. The van der Waals surface area contributed by atoms with E-state index in [1.807, 2.05) is 6.92 Å². The lowest BCUT2D eigenvalue weighted by atomic mass is 10.3. The Hall–Kier alpha value is 0.0700. The van der Waals surface area contributed by atoms with Crippen LogP contribution in [-0.4, -0.2) is 39.5 Å². The van der Waals surface area contributed by atoms with Gasteiger partial charge < -0.3 is 10.4 Å². The predicted octanol–water partition coefficient (Wildman–Crippen LogP) is -0.522. The first-order valence-corrected chi connectivity index (χ1v) is 5.40. The molecule has 0 aromatic carbocycles. The second-order valence-electron chi connectivity index (χ2n) is 2.85. The highest BCUT2D eigenvalue weighted by Crippen LogP contribution is 2.08. The van der Waals surface area contributed by atoms with Crippen molar-refractivity contribution in [3.05, 3.63) is 0 Å². The molecule has 1 fully saturated rings. The Bertz CT molecular complexity index is 151. The minimum atomic E-state index is -0.838. The van der Waals surface area contributed by atoms with Crippen molar-refractivity contribution in [2.75, 3.05) is 18.8 Å². The average molecular weight is 177 g/mol. The van der Waals surface area contributed by atoms with Gasteiger partial charge in [0.05, 0.1) is 11.4 Å². The molecule has 0 radical (unpaired) electrons. The maximum absolute atomic E-state index is 11.4. The van der Waals surface area contributed by atoms with Gasteiger partial charge in [-0.3, -0.25) is 4.21 Å². The molecule has 11 heavy (non-hydrogen) atoms. The van der Waals surface area contributed by atoms with E-state index >= 15 is 0 Å². The van der Waals surface area contributed by atoms with Crippen LogP contribution in [0.4, 0.5) is 0 Å². The van der Waals surface area contributed by atoms with Crippen LogP contribution in [0.15, 0.2) is 0 Å². The highest BCUT2D eigenvalue weighted by atomic mass is 32.2. The van der Waals surface area contributed by atoms with Crippen LogP contribution < -0.4 is 5.32 Å². The quantitative estimate of drug-likeness (QED) is 0.610. The van der Waals surface area contributed by atoms with Crippen molar-refractivity contribution >= 4 is 10.8 Å². The molecule has 66 valence electrons. The fourth-order valence-electron chi connectivity index (χ4n) is 1.26. The number of nitrogens with one attached hydrogen (secondary N) is 1. The molecule has 0 spiro atoms. The third-order valence-corrected chi connectivity index (χ3v) is 3.84. The zero-order chi connectivity index (χ0) is 8.27. The van der Waals surface area contributed by atoms with Gasteiger partial charge in [-0.1, -0.05) is 6.92 Å². The maximum atomic E-state index is 11.4. The fraction of sp³-hybridized carbons (Fsp3) is 1.00. The van der Waals surface area contributed by atoms with Crippen molar-refractivity contribution < 1.29 is 9.32 Å². The summed E-state index contributed by atoms with van der Waals surface area (Å²) in [6.45, 7) is 3.31. The lowest BCUT2D eigenvalue weighted by molar-refractivity contribution is 0.199. The Balaban J connectivity index is 2.39. The largest absolute Gasteiger partial charge is 0.390 e. The summed E-state index contributed by atoms with van der Waals surface area (Å²) in [5.74, 6) is 0.712. The molecule has 0 aromatic rings. The number of hydrogen-bond acceptors (Lipinski definition) is 3. The van der Waals surface area contributed by atoms with Gasteiger partial charge >= 0.3 is 0 Å². The molecule has 0 amide bonds. The first kappa shape index (κ1) is 9.16. The molecular formula is C7H15NO2S. The Morgan fingerprint density at radius 3 is 2.82 bits per heavy atom. The van der Waals surface area contributed by atoms with E-state index in [-0.39, 0.29) is 5.25 Å². The van der Waals surface area contributed by atoms with E-state index < -0.39 is 16.9 Å². The molecule has 1 aliphatic rings. The molecule has 1 rings (SSSR count). The number of hydrogen-bond donors (Lipinski definition) is 2. The molecule has 1 aliphatic heterocycles. The first-order chi connectivity index (χ1) is 5.25.